The van der Waals surface area contributed by atoms with Crippen LogP contribution in [0.25, 0.3) is 0 Å². The number of nitrogens with one attached hydrogen (secondary N) is 1. The van der Waals surface area contributed by atoms with E-state index in [2.05, 4.69) is 12.2 Å². The summed E-state index contributed by atoms with van der Waals surface area (Å²) < 4.78 is 5.71. The number of benzene rings is 1. The summed E-state index contributed by atoms with van der Waals surface area (Å²) >= 11 is 0. The van der Waals surface area contributed by atoms with Crippen LogP contribution in [0.1, 0.15) is 40.0 Å². The Labute approximate surface area is 116 Å². The van der Waals surface area contributed by atoms with E-state index in [0.29, 0.717) is 5.69 Å². The standard InChI is InChI=1S/C16H26N2O/c1-11(2)19-16-9-14(7-8-15(16)17)18-10-13-6-4-5-12(13)3/h7-9,11-13,18H,4-6,10,17H2,1-3H3. The maximum absolute atomic E-state index is 5.93. The van der Waals surface area contributed by atoms with E-state index in [1.165, 1.54) is 19.3 Å². The molecule has 1 aromatic rings. The molecule has 0 spiro atoms. The highest BCUT2D eigenvalue weighted by Gasteiger charge is 2.22. The van der Waals surface area contributed by atoms with Gasteiger partial charge in [0.2, 0.25) is 0 Å². The molecule has 0 heterocycles. The summed E-state index contributed by atoms with van der Waals surface area (Å²) in [4.78, 5) is 0. The van der Waals surface area contributed by atoms with E-state index < -0.39 is 0 Å². The van der Waals surface area contributed by atoms with Crippen molar-refractivity contribution >= 4 is 11.4 Å². The first-order valence-corrected chi connectivity index (χ1v) is 7.36. The van der Waals surface area contributed by atoms with Gasteiger partial charge in [-0.3, -0.25) is 0 Å². The molecule has 1 aromatic carbocycles. The Morgan fingerprint density at radius 2 is 2.16 bits per heavy atom. The van der Waals surface area contributed by atoms with E-state index in [9.17, 15) is 0 Å². The molecule has 106 valence electrons. The molecule has 2 rings (SSSR count). The third-order valence-corrected chi connectivity index (χ3v) is 3.98. The Hall–Kier alpha value is -1.38. The van der Waals surface area contributed by atoms with Crippen molar-refractivity contribution in [3.63, 3.8) is 0 Å². The normalized spacial score (nSPS) is 22.7. The Balaban J connectivity index is 1.96. The van der Waals surface area contributed by atoms with E-state index >= 15 is 0 Å². The highest BCUT2D eigenvalue weighted by atomic mass is 16.5. The van der Waals surface area contributed by atoms with E-state index in [4.69, 9.17) is 10.5 Å². The first-order valence-electron chi connectivity index (χ1n) is 7.36. The van der Waals surface area contributed by atoms with Crippen LogP contribution in [0.5, 0.6) is 5.75 Å². The van der Waals surface area contributed by atoms with Crippen LogP contribution in [0.15, 0.2) is 18.2 Å². The summed E-state index contributed by atoms with van der Waals surface area (Å²) in [6.45, 7) is 7.43. The molecule has 1 aliphatic carbocycles. The topological polar surface area (TPSA) is 47.3 Å². The molecule has 1 saturated carbocycles. The van der Waals surface area contributed by atoms with Gasteiger partial charge in [-0.2, -0.15) is 0 Å². The molecule has 19 heavy (non-hydrogen) atoms. The third-order valence-electron chi connectivity index (χ3n) is 3.98. The lowest BCUT2D eigenvalue weighted by Crippen LogP contribution is -2.16. The lowest BCUT2D eigenvalue weighted by Gasteiger charge is -2.18. The van der Waals surface area contributed by atoms with Crippen LogP contribution in [0.2, 0.25) is 0 Å². The molecule has 1 aliphatic rings. The fourth-order valence-electron chi connectivity index (χ4n) is 2.77. The van der Waals surface area contributed by atoms with Gasteiger partial charge in [0, 0.05) is 18.3 Å². The van der Waals surface area contributed by atoms with Crippen molar-refractivity contribution in [2.75, 3.05) is 17.6 Å². The summed E-state index contributed by atoms with van der Waals surface area (Å²) in [7, 11) is 0. The van der Waals surface area contributed by atoms with Gasteiger partial charge in [-0.15, -0.1) is 0 Å². The smallest absolute Gasteiger partial charge is 0.144 e. The van der Waals surface area contributed by atoms with E-state index in [1.807, 2.05) is 32.0 Å². The summed E-state index contributed by atoms with van der Waals surface area (Å²) in [6, 6.07) is 5.95. The second kappa shape index (κ2) is 6.18. The van der Waals surface area contributed by atoms with Crippen LogP contribution in [0, 0.1) is 11.8 Å². The van der Waals surface area contributed by atoms with Crippen LogP contribution in [-0.4, -0.2) is 12.6 Å². The number of anilines is 2. The van der Waals surface area contributed by atoms with Gasteiger partial charge in [-0.1, -0.05) is 19.8 Å². The zero-order valence-electron chi connectivity index (χ0n) is 12.3. The number of ether oxygens (including phenoxy) is 1. The maximum Gasteiger partial charge on any atom is 0.144 e. The van der Waals surface area contributed by atoms with Gasteiger partial charge in [0.15, 0.2) is 0 Å². The number of nitrogen functional groups attached to an aromatic ring is 1. The molecule has 3 N–H and O–H groups in total. The minimum absolute atomic E-state index is 0.146. The van der Waals surface area contributed by atoms with Crippen molar-refractivity contribution in [2.24, 2.45) is 11.8 Å². The number of rotatable bonds is 5. The fourth-order valence-corrected chi connectivity index (χ4v) is 2.77. The summed E-state index contributed by atoms with van der Waals surface area (Å²) in [5.74, 6) is 2.42. The summed E-state index contributed by atoms with van der Waals surface area (Å²) in [5.41, 5.74) is 7.73. The van der Waals surface area contributed by atoms with Crippen LogP contribution in [-0.2, 0) is 0 Å². The van der Waals surface area contributed by atoms with Crippen LogP contribution < -0.4 is 15.8 Å². The molecule has 3 heteroatoms. The van der Waals surface area contributed by atoms with Gasteiger partial charge < -0.3 is 15.8 Å². The zero-order valence-corrected chi connectivity index (χ0v) is 12.3. The number of hydrogen-bond acceptors (Lipinski definition) is 3. The molecule has 1 fully saturated rings. The van der Waals surface area contributed by atoms with Crippen molar-refractivity contribution < 1.29 is 4.74 Å². The number of hydrogen-bond donors (Lipinski definition) is 2. The van der Waals surface area contributed by atoms with Crippen molar-refractivity contribution in [3.05, 3.63) is 18.2 Å². The molecule has 0 amide bonds. The molecule has 2 unspecified atom stereocenters. The monoisotopic (exact) mass is 262 g/mol. The summed E-state index contributed by atoms with van der Waals surface area (Å²) in [6.07, 6.45) is 4.23. The summed E-state index contributed by atoms with van der Waals surface area (Å²) in [5, 5.41) is 3.52. The molecule has 0 bridgehead atoms. The second-order valence-electron chi connectivity index (χ2n) is 5.97. The fraction of sp³-hybridized carbons (Fsp3) is 0.625. The van der Waals surface area contributed by atoms with E-state index in [1.54, 1.807) is 0 Å². The Bertz CT molecular complexity index is 417. The second-order valence-corrected chi connectivity index (χ2v) is 5.97. The first kappa shape index (κ1) is 14.0. The molecule has 0 aromatic heterocycles. The highest BCUT2D eigenvalue weighted by Crippen LogP contribution is 2.32. The van der Waals surface area contributed by atoms with Gasteiger partial charge in [0.25, 0.3) is 0 Å². The molecule has 0 radical (unpaired) electrons. The molecule has 2 atom stereocenters. The predicted octanol–water partition coefficient (Wildman–Crippen LogP) is 3.90. The third kappa shape index (κ3) is 3.79. The quantitative estimate of drug-likeness (QED) is 0.791. The van der Waals surface area contributed by atoms with Crippen molar-refractivity contribution in [1.29, 1.82) is 0 Å². The Morgan fingerprint density at radius 1 is 1.37 bits per heavy atom. The molecule has 0 saturated heterocycles. The maximum atomic E-state index is 5.93. The van der Waals surface area contributed by atoms with Crippen molar-refractivity contribution in [2.45, 2.75) is 46.1 Å². The lowest BCUT2D eigenvalue weighted by molar-refractivity contribution is 0.244. The van der Waals surface area contributed by atoms with Crippen LogP contribution >= 0.6 is 0 Å². The molecular weight excluding hydrogens is 236 g/mol. The Kier molecular flexibility index (Phi) is 4.56. The lowest BCUT2D eigenvalue weighted by atomic mass is 9.98. The van der Waals surface area contributed by atoms with Gasteiger partial charge >= 0.3 is 0 Å². The highest BCUT2D eigenvalue weighted by molar-refractivity contribution is 5.61. The van der Waals surface area contributed by atoms with Crippen LogP contribution in [0.3, 0.4) is 0 Å². The van der Waals surface area contributed by atoms with Gasteiger partial charge in [0.1, 0.15) is 5.75 Å². The van der Waals surface area contributed by atoms with Gasteiger partial charge in [-0.25, -0.2) is 0 Å². The average Bonchev–Trinajstić information content (AvgIpc) is 2.75. The Morgan fingerprint density at radius 3 is 2.79 bits per heavy atom. The minimum atomic E-state index is 0.146. The van der Waals surface area contributed by atoms with Gasteiger partial charge in [0.05, 0.1) is 11.8 Å². The average molecular weight is 262 g/mol. The molecule has 3 nitrogen and oxygen atoms in total. The van der Waals surface area contributed by atoms with E-state index in [-0.39, 0.29) is 6.10 Å². The van der Waals surface area contributed by atoms with Crippen LogP contribution in [0.4, 0.5) is 11.4 Å². The van der Waals surface area contributed by atoms with Crippen molar-refractivity contribution in [3.8, 4) is 5.75 Å². The first-order chi connectivity index (χ1) is 9.06. The predicted molar refractivity (Wildman–Crippen MR) is 81.6 cm³/mol. The van der Waals surface area contributed by atoms with Gasteiger partial charge in [-0.05, 0) is 44.2 Å². The zero-order chi connectivity index (χ0) is 13.8. The van der Waals surface area contributed by atoms with Crippen molar-refractivity contribution in [1.82, 2.24) is 0 Å². The number of nitrogens with two attached hydrogens (primary N) is 1. The largest absolute Gasteiger partial charge is 0.489 e. The van der Waals surface area contributed by atoms with E-state index in [0.717, 1.165) is 29.8 Å². The molecule has 0 aliphatic heterocycles. The SMILES string of the molecule is CC(C)Oc1cc(NCC2CCCC2C)ccc1N. The minimum Gasteiger partial charge on any atom is -0.489 e. The molecular formula is C16H26N2O.